The monoisotopic (exact) mass is 394 g/mol. The molecule has 2 aromatic carbocycles. The third-order valence-electron chi connectivity index (χ3n) is 3.63. The minimum atomic E-state index is -0.0911. The second-order valence-corrected chi connectivity index (χ2v) is 6.46. The van der Waals surface area contributed by atoms with E-state index in [4.69, 9.17) is 27.9 Å². The first-order valence-electron chi connectivity index (χ1n) is 8.14. The number of hydrogen-bond donors (Lipinski definition) is 2. The Morgan fingerprint density at radius 3 is 2.77 bits per heavy atom. The molecule has 0 aliphatic carbocycles. The number of hydrogen-bond acceptors (Lipinski definition) is 4. The maximum Gasteiger partial charge on any atom is 0.224 e. The van der Waals surface area contributed by atoms with Crippen LogP contribution in [0, 0.1) is 0 Å². The zero-order valence-corrected chi connectivity index (χ0v) is 16.1. The van der Waals surface area contributed by atoms with Gasteiger partial charge in [0.05, 0.1) is 23.5 Å². The normalized spacial score (nSPS) is 10.9. The van der Waals surface area contributed by atoms with Crippen molar-refractivity contribution in [3.8, 4) is 11.5 Å². The van der Waals surface area contributed by atoms with Crippen LogP contribution in [0.15, 0.2) is 35.3 Å². The Morgan fingerprint density at radius 1 is 1.31 bits per heavy atom. The zero-order valence-electron chi connectivity index (χ0n) is 14.6. The smallest absolute Gasteiger partial charge is 0.224 e. The molecule has 1 amide bonds. The van der Waals surface area contributed by atoms with Crippen LogP contribution in [-0.4, -0.2) is 24.3 Å². The van der Waals surface area contributed by atoms with Gasteiger partial charge in [-0.1, -0.05) is 36.5 Å². The first kappa shape index (κ1) is 20.1. The summed E-state index contributed by atoms with van der Waals surface area (Å²) in [6.07, 6.45) is 3.72. The number of nitrogens with zero attached hydrogens (tertiary/aromatic N) is 1. The Labute approximate surface area is 162 Å². The third kappa shape index (κ3) is 5.38. The molecule has 138 valence electrons. The van der Waals surface area contributed by atoms with E-state index in [0.29, 0.717) is 34.1 Å². The molecule has 0 aliphatic heterocycles. The van der Waals surface area contributed by atoms with E-state index in [2.05, 4.69) is 10.3 Å². The van der Waals surface area contributed by atoms with Crippen LogP contribution in [0.2, 0.25) is 10.0 Å². The fourth-order valence-corrected chi connectivity index (χ4v) is 2.75. The predicted molar refractivity (Wildman–Crippen MR) is 107 cm³/mol. The molecule has 0 spiro atoms. The van der Waals surface area contributed by atoms with Crippen molar-refractivity contribution >= 4 is 46.7 Å². The van der Waals surface area contributed by atoms with Gasteiger partial charge < -0.3 is 15.2 Å². The van der Waals surface area contributed by atoms with Gasteiger partial charge in [0.15, 0.2) is 0 Å². The molecule has 0 unspecified atom stereocenters. The highest BCUT2D eigenvalue weighted by Crippen LogP contribution is 2.32. The van der Waals surface area contributed by atoms with E-state index in [1.165, 1.54) is 19.4 Å². The lowest BCUT2D eigenvalue weighted by Crippen LogP contribution is -2.11. The van der Waals surface area contributed by atoms with Crippen molar-refractivity contribution in [2.75, 3.05) is 12.4 Å². The topological polar surface area (TPSA) is 70.9 Å². The predicted octanol–water partition coefficient (Wildman–Crippen LogP) is 5.59. The molecule has 5 nitrogen and oxygen atoms in total. The lowest BCUT2D eigenvalue weighted by Gasteiger charge is -2.10. The number of phenols is 1. The van der Waals surface area contributed by atoms with E-state index < -0.39 is 0 Å². The Bertz CT molecular complexity index is 823. The van der Waals surface area contributed by atoms with E-state index in [1.807, 2.05) is 6.92 Å². The van der Waals surface area contributed by atoms with Crippen molar-refractivity contribution in [3.05, 3.63) is 45.9 Å². The minimum absolute atomic E-state index is 0.0557. The van der Waals surface area contributed by atoms with Crippen LogP contribution in [0.25, 0.3) is 0 Å². The molecular formula is C19H20Cl2N2O3. The summed E-state index contributed by atoms with van der Waals surface area (Å²) < 4.78 is 5.33. The van der Waals surface area contributed by atoms with Crippen molar-refractivity contribution in [1.82, 2.24) is 0 Å². The second kappa shape index (κ2) is 9.46. The number of aliphatic imine (C=N–C) groups is 1. The molecule has 0 fully saturated rings. The van der Waals surface area contributed by atoms with Crippen LogP contribution in [0.4, 0.5) is 11.4 Å². The summed E-state index contributed by atoms with van der Waals surface area (Å²) in [5, 5.41) is 13.3. The van der Waals surface area contributed by atoms with E-state index in [0.717, 1.165) is 12.8 Å². The highest BCUT2D eigenvalue weighted by atomic mass is 35.5. The number of ether oxygens (including phenoxy) is 1. The molecule has 2 rings (SSSR count). The average molecular weight is 395 g/mol. The summed E-state index contributed by atoms with van der Waals surface area (Å²) in [5.41, 5.74) is 1.57. The van der Waals surface area contributed by atoms with E-state index in [9.17, 15) is 9.90 Å². The largest absolute Gasteiger partial charge is 0.506 e. The fraction of sp³-hybridized carbons (Fsp3) is 0.263. The summed E-state index contributed by atoms with van der Waals surface area (Å²) in [5.74, 6) is 0.351. The van der Waals surface area contributed by atoms with Gasteiger partial charge in [-0.3, -0.25) is 9.79 Å². The molecular weight excluding hydrogens is 375 g/mol. The molecule has 0 radical (unpaired) electrons. The van der Waals surface area contributed by atoms with Crippen molar-refractivity contribution in [2.24, 2.45) is 4.99 Å². The van der Waals surface area contributed by atoms with E-state index in [-0.39, 0.29) is 16.7 Å². The number of nitrogens with one attached hydrogen (secondary N) is 1. The molecule has 0 saturated carbocycles. The summed E-state index contributed by atoms with van der Waals surface area (Å²) >= 11 is 11.8. The van der Waals surface area contributed by atoms with Crippen molar-refractivity contribution < 1.29 is 14.6 Å². The lowest BCUT2D eigenvalue weighted by molar-refractivity contribution is -0.116. The van der Waals surface area contributed by atoms with Crippen LogP contribution in [0.3, 0.4) is 0 Å². The molecule has 0 aromatic heterocycles. The maximum atomic E-state index is 11.9. The SMILES string of the molecule is CCCCC(=O)Nc1ccc(N=Cc2cc(Cl)cc(Cl)c2O)cc1OC. The van der Waals surface area contributed by atoms with Gasteiger partial charge in [0, 0.05) is 29.3 Å². The van der Waals surface area contributed by atoms with Gasteiger partial charge in [0.2, 0.25) is 5.91 Å². The molecule has 7 heteroatoms. The molecule has 26 heavy (non-hydrogen) atoms. The number of carbonyl (C=O) groups is 1. The lowest BCUT2D eigenvalue weighted by atomic mass is 10.2. The zero-order chi connectivity index (χ0) is 19.1. The van der Waals surface area contributed by atoms with Crippen molar-refractivity contribution in [3.63, 3.8) is 0 Å². The minimum Gasteiger partial charge on any atom is -0.506 e. The number of rotatable bonds is 7. The number of halogens is 2. The van der Waals surface area contributed by atoms with Crippen LogP contribution in [0.1, 0.15) is 31.7 Å². The second-order valence-electron chi connectivity index (χ2n) is 5.62. The molecule has 0 atom stereocenters. The average Bonchev–Trinajstić information content (AvgIpc) is 2.62. The van der Waals surface area contributed by atoms with Crippen LogP contribution < -0.4 is 10.1 Å². The van der Waals surface area contributed by atoms with Gasteiger partial charge in [-0.25, -0.2) is 0 Å². The Morgan fingerprint density at radius 2 is 2.08 bits per heavy atom. The molecule has 0 heterocycles. The molecule has 2 N–H and O–H groups in total. The standard InChI is InChI=1S/C19H20Cl2N2O3/c1-3-4-5-18(24)23-16-7-6-14(10-17(16)26-2)22-11-12-8-13(20)9-15(21)19(12)25/h6-11,25H,3-5H2,1-2H3,(H,23,24). The number of aromatic hydroxyl groups is 1. The summed E-state index contributed by atoms with van der Waals surface area (Å²) in [7, 11) is 1.52. The van der Waals surface area contributed by atoms with Crippen LogP contribution in [-0.2, 0) is 4.79 Å². The van der Waals surface area contributed by atoms with Gasteiger partial charge in [0.25, 0.3) is 0 Å². The summed E-state index contributed by atoms with van der Waals surface area (Å²) in [4.78, 5) is 16.2. The molecule has 0 bridgehead atoms. The molecule has 0 saturated heterocycles. The van der Waals surface area contributed by atoms with Gasteiger partial charge in [-0.05, 0) is 30.7 Å². The summed E-state index contributed by atoms with van der Waals surface area (Å²) in [6, 6.07) is 8.16. The Kier molecular flexibility index (Phi) is 7.30. The molecule has 2 aromatic rings. The van der Waals surface area contributed by atoms with Crippen molar-refractivity contribution in [1.29, 1.82) is 0 Å². The first-order chi connectivity index (χ1) is 12.4. The number of unbranched alkanes of at least 4 members (excludes halogenated alkanes) is 1. The van der Waals surface area contributed by atoms with Gasteiger partial charge in [0.1, 0.15) is 11.5 Å². The van der Waals surface area contributed by atoms with Crippen molar-refractivity contribution in [2.45, 2.75) is 26.2 Å². The highest BCUT2D eigenvalue weighted by Gasteiger charge is 2.09. The van der Waals surface area contributed by atoms with E-state index in [1.54, 1.807) is 24.3 Å². The maximum absolute atomic E-state index is 11.9. The highest BCUT2D eigenvalue weighted by molar-refractivity contribution is 6.36. The quantitative estimate of drug-likeness (QED) is 0.601. The Hall–Kier alpha value is -2.24. The number of phenolic OH excluding ortho intramolecular Hbond substituents is 1. The van der Waals surface area contributed by atoms with Gasteiger partial charge in [-0.2, -0.15) is 0 Å². The Balaban J connectivity index is 2.20. The number of benzene rings is 2. The number of amides is 1. The van der Waals surface area contributed by atoms with E-state index >= 15 is 0 Å². The summed E-state index contributed by atoms with van der Waals surface area (Å²) in [6.45, 7) is 2.03. The van der Waals surface area contributed by atoms with Crippen LogP contribution in [0.5, 0.6) is 11.5 Å². The first-order valence-corrected chi connectivity index (χ1v) is 8.90. The number of anilines is 1. The van der Waals surface area contributed by atoms with Gasteiger partial charge >= 0.3 is 0 Å². The third-order valence-corrected chi connectivity index (χ3v) is 4.13. The number of carbonyl (C=O) groups excluding carboxylic acids is 1. The fourth-order valence-electron chi connectivity index (χ4n) is 2.24. The van der Waals surface area contributed by atoms with Crippen LogP contribution >= 0.6 is 23.2 Å². The van der Waals surface area contributed by atoms with Gasteiger partial charge in [-0.15, -0.1) is 0 Å². The number of methoxy groups -OCH3 is 1. The molecule has 0 aliphatic rings.